The summed E-state index contributed by atoms with van der Waals surface area (Å²) in [7, 11) is 2.09. The van der Waals surface area contributed by atoms with Crippen molar-refractivity contribution in [2.45, 2.75) is 45.6 Å². The largest absolute Gasteiger partial charge is 0.316 e. The summed E-state index contributed by atoms with van der Waals surface area (Å²) >= 11 is 0. The molecule has 10 heavy (non-hydrogen) atoms. The zero-order valence-electron chi connectivity index (χ0n) is 7.41. The number of rotatable bonds is 4. The van der Waals surface area contributed by atoms with Gasteiger partial charge >= 0.3 is 0 Å². The predicted octanol–water partition coefficient (Wildman–Crippen LogP) is 2.17. The molecule has 0 aromatic carbocycles. The minimum Gasteiger partial charge on any atom is -0.316 e. The van der Waals surface area contributed by atoms with Crippen molar-refractivity contribution in [2.75, 3.05) is 7.05 Å². The van der Waals surface area contributed by atoms with E-state index in [0.717, 1.165) is 6.04 Å². The van der Waals surface area contributed by atoms with E-state index in [1.165, 1.54) is 25.7 Å². The third kappa shape index (κ3) is 1.51. The van der Waals surface area contributed by atoms with Crippen LogP contribution in [-0.4, -0.2) is 13.1 Å². The molecule has 0 aromatic rings. The van der Waals surface area contributed by atoms with Gasteiger partial charge in [0.25, 0.3) is 0 Å². The molecule has 1 aliphatic rings. The third-order valence-corrected chi connectivity index (χ3v) is 2.81. The zero-order valence-corrected chi connectivity index (χ0v) is 7.41. The topological polar surface area (TPSA) is 12.0 Å². The van der Waals surface area contributed by atoms with E-state index in [2.05, 4.69) is 26.2 Å². The lowest BCUT2D eigenvalue weighted by molar-refractivity contribution is 0.355. The van der Waals surface area contributed by atoms with Gasteiger partial charge in [-0.1, -0.05) is 20.3 Å². The van der Waals surface area contributed by atoms with E-state index in [0.29, 0.717) is 5.41 Å². The van der Waals surface area contributed by atoms with E-state index in [-0.39, 0.29) is 0 Å². The van der Waals surface area contributed by atoms with Crippen molar-refractivity contribution in [1.82, 2.24) is 5.32 Å². The Kier molecular flexibility index (Phi) is 2.35. The Balaban J connectivity index is 2.33. The molecule has 0 amide bonds. The first-order valence-electron chi connectivity index (χ1n) is 4.40. The lowest BCUT2D eigenvalue weighted by Gasteiger charge is -2.21. The molecule has 1 saturated carbocycles. The summed E-state index contributed by atoms with van der Waals surface area (Å²) < 4.78 is 0. The van der Waals surface area contributed by atoms with Crippen LogP contribution in [0.1, 0.15) is 39.5 Å². The molecule has 0 heterocycles. The van der Waals surface area contributed by atoms with Crippen LogP contribution in [-0.2, 0) is 0 Å². The van der Waals surface area contributed by atoms with Crippen molar-refractivity contribution in [1.29, 1.82) is 0 Å². The quantitative estimate of drug-likeness (QED) is 0.632. The van der Waals surface area contributed by atoms with Gasteiger partial charge < -0.3 is 5.32 Å². The summed E-state index contributed by atoms with van der Waals surface area (Å²) in [6, 6.07) is 0.775. The molecule has 1 fully saturated rings. The lowest BCUT2D eigenvalue weighted by Crippen LogP contribution is -2.32. The molecule has 1 nitrogen and oxygen atoms in total. The molecule has 0 aromatic heterocycles. The molecule has 60 valence electrons. The highest BCUT2D eigenvalue weighted by atomic mass is 14.9. The first kappa shape index (κ1) is 8.06. The molecule has 1 aliphatic carbocycles. The van der Waals surface area contributed by atoms with Crippen molar-refractivity contribution in [2.24, 2.45) is 5.41 Å². The molecular weight excluding hydrogens is 122 g/mol. The monoisotopic (exact) mass is 141 g/mol. The molecular formula is C9H19N. The smallest absolute Gasteiger partial charge is 0.0118 e. The van der Waals surface area contributed by atoms with Gasteiger partial charge in [0.1, 0.15) is 0 Å². The summed E-state index contributed by atoms with van der Waals surface area (Å²) in [5.41, 5.74) is 0.658. The maximum Gasteiger partial charge on any atom is 0.0118 e. The second-order valence-corrected chi connectivity index (χ2v) is 3.78. The Labute approximate surface area is 64.2 Å². The van der Waals surface area contributed by atoms with Crippen LogP contribution in [0.2, 0.25) is 0 Å². The molecule has 1 unspecified atom stereocenters. The lowest BCUT2D eigenvalue weighted by atomic mass is 9.95. The molecule has 0 bridgehead atoms. The van der Waals surface area contributed by atoms with Crippen molar-refractivity contribution < 1.29 is 0 Å². The van der Waals surface area contributed by atoms with Crippen LogP contribution in [0.15, 0.2) is 0 Å². The van der Waals surface area contributed by atoms with Crippen molar-refractivity contribution in [3.8, 4) is 0 Å². The van der Waals surface area contributed by atoms with Crippen LogP contribution in [0, 0.1) is 5.41 Å². The van der Waals surface area contributed by atoms with Gasteiger partial charge in [0, 0.05) is 6.04 Å². The van der Waals surface area contributed by atoms with E-state index >= 15 is 0 Å². The van der Waals surface area contributed by atoms with Gasteiger partial charge in [-0.15, -0.1) is 0 Å². The Hall–Kier alpha value is -0.0400. The Morgan fingerprint density at radius 3 is 2.40 bits per heavy atom. The second-order valence-electron chi connectivity index (χ2n) is 3.78. The highest BCUT2D eigenvalue weighted by molar-refractivity contribution is 4.97. The van der Waals surface area contributed by atoms with Gasteiger partial charge in [-0.2, -0.15) is 0 Å². The van der Waals surface area contributed by atoms with Gasteiger partial charge in [0.05, 0.1) is 0 Å². The first-order valence-corrected chi connectivity index (χ1v) is 4.40. The minimum atomic E-state index is 0.658. The predicted molar refractivity (Wildman–Crippen MR) is 45.1 cm³/mol. The minimum absolute atomic E-state index is 0.658. The standard InChI is InChI=1S/C9H19N/c1-4-5-8(10-3)9(2)6-7-9/h8,10H,4-7H2,1-3H3. The molecule has 0 saturated heterocycles. The average Bonchev–Trinajstić information content (AvgIpc) is 2.64. The van der Waals surface area contributed by atoms with Gasteiger partial charge in [0.2, 0.25) is 0 Å². The number of hydrogen-bond acceptors (Lipinski definition) is 1. The van der Waals surface area contributed by atoms with Gasteiger partial charge in [-0.05, 0) is 31.7 Å². The molecule has 1 rings (SSSR count). The normalized spacial score (nSPS) is 24.3. The highest BCUT2D eigenvalue weighted by Gasteiger charge is 2.43. The fourth-order valence-electron chi connectivity index (χ4n) is 1.68. The van der Waals surface area contributed by atoms with Crippen LogP contribution in [0.3, 0.4) is 0 Å². The molecule has 0 spiro atoms. The maximum absolute atomic E-state index is 3.41. The van der Waals surface area contributed by atoms with E-state index in [1.807, 2.05) is 0 Å². The molecule has 1 heteroatoms. The molecule has 1 atom stereocenters. The average molecular weight is 141 g/mol. The number of hydrogen-bond donors (Lipinski definition) is 1. The van der Waals surface area contributed by atoms with Gasteiger partial charge in [-0.25, -0.2) is 0 Å². The van der Waals surface area contributed by atoms with Gasteiger partial charge in [0.15, 0.2) is 0 Å². The summed E-state index contributed by atoms with van der Waals surface area (Å²) in [4.78, 5) is 0. The van der Waals surface area contributed by atoms with Crippen LogP contribution >= 0.6 is 0 Å². The van der Waals surface area contributed by atoms with Crippen LogP contribution < -0.4 is 5.32 Å². The Morgan fingerprint density at radius 2 is 2.10 bits per heavy atom. The zero-order chi connectivity index (χ0) is 7.61. The van der Waals surface area contributed by atoms with E-state index < -0.39 is 0 Å². The fraction of sp³-hybridized carbons (Fsp3) is 1.00. The summed E-state index contributed by atoms with van der Waals surface area (Å²) in [5, 5.41) is 3.41. The maximum atomic E-state index is 3.41. The van der Waals surface area contributed by atoms with Crippen molar-refractivity contribution in [3.63, 3.8) is 0 Å². The Bertz CT molecular complexity index is 105. The van der Waals surface area contributed by atoms with E-state index in [1.54, 1.807) is 0 Å². The van der Waals surface area contributed by atoms with Gasteiger partial charge in [-0.3, -0.25) is 0 Å². The number of nitrogens with one attached hydrogen (secondary N) is 1. The SMILES string of the molecule is CCCC(NC)C1(C)CC1. The second kappa shape index (κ2) is 2.91. The summed E-state index contributed by atoms with van der Waals surface area (Å²) in [6.07, 6.45) is 5.51. The van der Waals surface area contributed by atoms with Crippen molar-refractivity contribution >= 4 is 0 Å². The fourth-order valence-corrected chi connectivity index (χ4v) is 1.68. The molecule has 0 radical (unpaired) electrons. The first-order chi connectivity index (χ1) is 4.73. The van der Waals surface area contributed by atoms with Crippen LogP contribution in [0.25, 0.3) is 0 Å². The third-order valence-electron chi connectivity index (χ3n) is 2.81. The Morgan fingerprint density at radius 1 is 1.50 bits per heavy atom. The van der Waals surface area contributed by atoms with E-state index in [9.17, 15) is 0 Å². The molecule has 0 aliphatic heterocycles. The summed E-state index contributed by atoms with van der Waals surface area (Å²) in [6.45, 7) is 4.65. The molecule has 1 N–H and O–H groups in total. The van der Waals surface area contributed by atoms with Crippen LogP contribution in [0.5, 0.6) is 0 Å². The van der Waals surface area contributed by atoms with Crippen molar-refractivity contribution in [3.05, 3.63) is 0 Å². The summed E-state index contributed by atoms with van der Waals surface area (Å²) in [5.74, 6) is 0. The highest BCUT2D eigenvalue weighted by Crippen LogP contribution is 2.49. The van der Waals surface area contributed by atoms with E-state index in [4.69, 9.17) is 0 Å². The van der Waals surface area contributed by atoms with Crippen LogP contribution in [0.4, 0.5) is 0 Å².